The molecule has 0 radical (unpaired) electrons. The van der Waals surface area contributed by atoms with Crippen LogP contribution in [-0.4, -0.2) is 44.4 Å². The van der Waals surface area contributed by atoms with Crippen molar-refractivity contribution in [1.82, 2.24) is 5.32 Å². The highest BCUT2D eigenvalue weighted by Crippen LogP contribution is 2.16. The molecule has 2 rings (SSSR count). The van der Waals surface area contributed by atoms with E-state index in [4.69, 9.17) is 16.3 Å². The van der Waals surface area contributed by atoms with Crippen molar-refractivity contribution in [3.8, 4) is 0 Å². The molecule has 130 valence electrons. The molecule has 6 nitrogen and oxygen atoms in total. The number of sulfone groups is 1. The molecule has 0 aliphatic carbocycles. The Bertz CT molecular complexity index is 778. The molecule has 0 bridgehead atoms. The Morgan fingerprint density at radius 1 is 1.42 bits per heavy atom. The third-order valence-electron chi connectivity index (χ3n) is 3.30. The van der Waals surface area contributed by atoms with Gasteiger partial charge >= 0.3 is 5.97 Å². The molecule has 9 heteroatoms. The van der Waals surface area contributed by atoms with Crippen LogP contribution in [0.25, 0.3) is 6.08 Å². The number of benzene rings is 1. The Morgan fingerprint density at radius 2 is 2.17 bits per heavy atom. The van der Waals surface area contributed by atoms with E-state index in [1.165, 1.54) is 18.2 Å². The summed E-state index contributed by atoms with van der Waals surface area (Å²) in [5.74, 6) is -1.95. The Kier molecular flexibility index (Phi) is 5.95. The molecule has 1 aromatic rings. The maximum absolute atomic E-state index is 13.0. The number of hydrogen-bond acceptors (Lipinski definition) is 5. The van der Waals surface area contributed by atoms with E-state index >= 15 is 0 Å². The van der Waals surface area contributed by atoms with Crippen molar-refractivity contribution in [1.29, 1.82) is 0 Å². The van der Waals surface area contributed by atoms with Crippen molar-refractivity contribution < 1.29 is 27.1 Å². The second kappa shape index (κ2) is 7.76. The molecule has 0 aromatic heterocycles. The van der Waals surface area contributed by atoms with Gasteiger partial charge in [-0.15, -0.1) is 0 Å². The number of hydrogen-bond donors (Lipinski definition) is 1. The Hall–Kier alpha value is -1.93. The summed E-state index contributed by atoms with van der Waals surface area (Å²) in [6.45, 7) is -0.510. The van der Waals surface area contributed by atoms with E-state index < -0.39 is 40.2 Å². The van der Waals surface area contributed by atoms with Crippen LogP contribution in [0.5, 0.6) is 0 Å². The summed E-state index contributed by atoms with van der Waals surface area (Å²) < 4.78 is 40.3. The number of carbonyl (C=O) groups excluding carboxylic acids is 2. The molecule has 1 aromatic carbocycles. The monoisotopic (exact) mass is 375 g/mol. The predicted octanol–water partition coefficient (Wildman–Crippen LogP) is 1.34. The van der Waals surface area contributed by atoms with E-state index in [2.05, 4.69) is 5.32 Å². The fourth-order valence-electron chi connectivity index (χ4n) is 2.14. The van der Waals surface area contributed by atoms with E-state index in [9.17, 15) is 22.4 Å². The van der Waals surface area contributed by atoms with Crippen LogP contribution in [0.2, 0.25) is 5.02 Å². The van der Waals surface area contributed by atoms with Gasteiger partial charge in [-0.2, -0.15) is 0 Å². The molecule has 1 N–H and O–H groups in total. The SMILES string of the molecule is O=C(COC(=O)/C=C/c1ccc(F)c(Cl)c1)N[C@H]1CCS(=O)(=O)C1. The van der Waals surface area contributed by atoms with E-state index in [0.717, 1.165) is 12.1 Å². The molecular weight excluding hydrogens is 361 g/mol. The van der Waals surface area contributed by atoms with Gasteiger partial charge < -0.3 is 10.1 Å². The zero-order chi connectivity index (χ0) is 17.7. The van der Waals surface area contributed by atoms with Gasteiger partial charge in [0.1, 0.15) is 5.82 Å². The molecule has 0 saturated carbocycles. The number of amides is 1. The first-order chi connectivity index (χ1) is 11.2. The summed E-state index contributed by atoms with van der Waals surface area (Å²) in [6.07, 6.45) is 2.80. The van der Waals surface area contributed by atoms with Crippen LogP contribution in [0.4, 0.5) is 4.39 Å². The summed E-state index contributed by atoms with van der Waals surface area (Å²) in [5.41, 5.74) is 0.499. The molecule has 1 aliphatic heterocycles. The number of rotatable bonds is 5. The zero-order valence-corrected chi connectivity index (χ0v) is 14.1. The lowest BCUT2D eigenvalue weighted by atomic mass is 10.2. The van der Waals surface area contributed by atoms with Crippen LogP contribution in [0.1, 0.15) is 12.0 Å². The van der Waals surface area contributed by atoms with Gasteiger partial charge in [0, 0.05) is 12.1 Å². The molecule has 1 heterocycles. The molecule has 1 saturated heterocycles. The summed E-state index contributed by atoms with van der Waals surface area (Å²) in [7, 11) is -3.09. The maximum Gasteiger partial charge on any atom is 0.331 e. The number of ether oxygens (including phenoxy) is 1. The lowest BCUT2D eigenvalue weighted by Gasteiger charge is -2.10. The second-order valence-electron chi connectivity index (χ2n) is 5.28. The molecule has 0 unspecified atom stereocenters. The highest BCUT2D eigenvalue weighted by molar-refractivity contribution is 7.91. The Labute approximate surface area is 143 Å². The third kappa shape index (κ3) is 5.61. The van der Waals surface area contributed by atoms with Gasteiger partial charge in [-0.05, 0) is 30.2 Å². The molecule has 24 heavy (non-hydrogen) atoms. The maximum atomic E-state index is 13.0. The van der Waals surface area contributed by atoms with Gasteiger partial charge in [0.15, 0.2) is 16.4 Å². The number of esters is 1. The van der Waals surface area contributed by atoms with Crippen LogP contribution in [-0.2, 0) is 24.2 Å². The largest absolute Gasteiger partial charge is 0.452 e. The Morgan fingerprint density at radius 3 is 2.79 bits per heavy atom. The van der Waals surface area contributed by atoms with Crippen molar-refractivity contribution in [2.75, 3.05) is 18.1 Å². The number of nitrogens with one attached hydrogen (secondary N) is 1. The van der Waals surface area contributed by atoms with Crippen molar-refractivity contribution in [2.45, 2.75) is 12.5 Å². The first-order valence-electron chi connectivity index (χ1n) is 7.05. The van der Waals surface area contributed by atoms with E-state index in [-0.39, 0.29) is 16.5 Å². The molecule has 1 fully saturated rings. The number of halogens is 2. The first-order valence-corrected chi connectivity index (χ1v) is 9.25. The van der Waals surface area contributed by atoms with Gasteiger partial charge in [0.05, 0.1) is 16.5 Å². The van der Waals surface area contributed by atoms with Gasteiger partial charge in [0.2, 0.25) is 0 Å². The van der Waals surface area contributed by atoms with Crippen LogP contribution in [0, 0.1) is 5.82 Å². The van der Waals surface area contributed by atoms with Crippen molar-refractivity contribution in [2.24, 2.45) is 0 Å². The summed E-state index contributed by atoms with van der Waals surface area (Å²) >= 11 is 5.61. The first kappa shape index (κ1) is 18.4. The second-order valence-corrected chi connectivity index (χ2v) is 7.92. The summed E-state index contributed by atoms with van der Waals surface area (Å²) in [4.78, 5) is 23.1. The van der Waals surface area contributed by atoms with Gasteiger partial charge in [-0.25, -0.2) is 17.6 Å². The van der Waals surface area contributed by atoms with Crippen LogP contribution >= 0.6 is 11.6 Å². The fraction of sp³-hybridized carbons (Fsp3) is 0.333. The lowest BCUT2D eigenvalue weighted by Crippen LogP contribution is -2.38. The fourth-order valence-corrected chi connectivity index (χ4v) is 4.01. The highest BCUT2D eigenvalue weighted by Gasteiger charge is 2.28. The van der Waals surface area contributed by atoms with E-state index in [1.807, 2.05) is 0 Å². The zero-order valence-electron chi connectivity index (χ0n) is 12.5. The molecule has 1 atom stereocenters. The minimum Gasteiger partial charge on any atom is -0.452 e. The Balaban J connectivity index is 1.77. The minimum absolute atomic E-state index is 0.0424. The molecule has 0 spiro atoms. The third-order valence-corrected chi connectivity index (χ3v) is 5.36. The van der Waals surface area contributed by atoms with Crippen LogP contribution < -0.4 is 5.32 Å². The van der Waals surface area contributed by atoms with E-state index in [1.54, 1.807) is 0 Å². The van der Waals surface area contributed by atoms with Gasteiger partial charge in [0.25, 0.3) is 5.91 Å². The normalized spacial score (nSPS) is 19.3. The van der Waals surface area contributed by atoms with Crippen molar-refractivity contribution in [3.05, 3.63) is 40.7 Å². The van der Waals surface area contributed by atoms with E-state index in [0.29, 0.717) is 12.0 Å². The predicted molar refractivity (Wildman–Crippen MR) is 86.6 cm³/mol. The topological polar surface area (TPSA) is 89.5 Å². The van der Waals surface area contributed by atoms with Crippen LogP contribution in [0.15, 0.2) is 24.3 Å². The summed E-state index contributed by atoms with van der Waals surface area (Å²) in [6, 6.07) is 3.49. The van der Waals surface area contributed by atoms with Gasteiger partial charge in [-0.3, -0.25) is 4.79 Å². The average Bonchev–Trinajstić information content (AvgIpc) is 2.85. The average molecular weight is 376 g/mol. The van der Waals surface area contributed by atoms with Crippen molar-refractivity contribution >= 4 is 39.4 Å². The molecule has 1 aliphatic rings. The lowest BCUT2D eigenvalue weighted by molar-refractivity contribution is -0.143. The minimum atomic E-state index is -3.09. The standard InChI is InChI=1S/C15H15ClFNO5S/c16-12-7-10(1-3-13(12)17)2-4-15(20)23-8-14(19)18-11-5-6-24(21,22)9-11/h1-4,7,11H,5-6,8-9H2,(H,18,19)/b4-2+/t11-/m0/s1. The number of carbonyl (C=O) groups is 2. The smallest absolute Gasteiger partial charge is 0.331 e. The van der Waals surface area contributed by atoms with Crippen molar-refractivity contribution in [3.63, 3.8) is 0 Å². The molecule has 1 amide bonds. The highest BCUT2D eigenvalue weighted by atomic mass is 35.5. The van der Waals surface area contributed by atoms with Gasteiger partial charge in [-0.1, -0.05) is 17.7 Å². The molecular formula is C15H15ClFNO5S. The summed E-state index contributed by atoms with van der Waals surface area (Å²) in [5, 5.41) is 2.43. The van der Waals surface area contributed by atoms with Crippen LogP contribution in [0.3, 0.4) is 0 Å². The quantitative estimate of drug-likeness (QED) is 0.619.